The second-order valence-corrected chi connectivity index (χ2v) is 6.73. The number of anilines is 1. The highest BCUT2D eigenvalue weighted by molar-refractivity contribution is 6.43. The first-order chi connectivity index (χ1) is 13.3. The van der Waals surface area contributed by atoms with E-state index < -0.39 is 30.1 Å². The largest absolute Gasteiger partial charge is 0.307 e. The first kappa shape index (κ1) is 19.8. The van der Waals surface area contributed by atoms with Crippen LogP contribution in [0.1, 0.15) is 27.1 Å². The molecule has 2 aromatic rings. The third kappa shape index (κ3) is 3.57. The highest BCUT2D eigenvalue weighted by Crippen LogP contribution is 2.31. The van der Waals surface area contributed by atoms with Crippen molar-refractivity contribution in [2.75, 3.05) is 18.0 Å². The zero-order valence-corrected chi connectivity index (χ0v) is 15.8. The number of rotatable bonds is 5. The molecule has 6 nitrogen and oxygen atoms in total. The SMILES string of the molecule is N#CCCN(C(=O)CN1C(=O)c2cc(Cl)c(Cl)cc2C1=O)c1ccccc1F. The predicted octanol–water partition coefficient (Wildman–Crippen LogP) is 3.68. The summed E-state index contributed by atoms with van der Waals surface area (Å²) < 4.78 is 14.1. The van der Waals surface area contributed by atoms with E-state index in [1.807, 2.05) is 6.07 Å². The van der Waals surface area contributed by atoms with E-state index in [0.717, 1.165) is 9.80 Å². The second kappa shape index (κ2) is 7.97. The van der Waals surface area contributed by atoms with Gasteiger partial charge in [-0.15, -0.1) is 0 Å². The number of imide groups is 1. The van der Waals surface area contributed by atoms with E-state index in [1.165, 1.54) is 36.4 Å². The summed E-state index contributed by atoms with van der Waals surface area (Å²) in [7, 11) is 0. The maximum absolute atomic E-state index is 14.1. The summed E-state index contributed by atoms with van der Waals surface area (Å²) in [5.74, 6) is -2.75. The van der Waals surface area contributed by atoms with Crippen LogP contribution in [-0.4, -0.2) is 35.7 Å². The summed E-state index contributed by atoms with van der Waals surface area (Å²) in [5, 5.41) is 9.04. The Kier molecular flexibility index (Phi) is 5.63. The van der Waals surface area contributed by atoms with Gasteiger partial charge in [-0.1, -0.05) is 35.3 Å². The summed E-state index contributed by atoms with van der Waals surface area (Å²) in [6.45, 7) is -0.696. The molecular formula is C19H12Cl2FN3O3. The maximum atomic E-state index is 14.1. The van der Waals surface area contributed by atoms with Crippen molar-refractivity contribution >= 4 is 46.6 Å². The van der Waals surface area contributed by atoms with Crippen LogP contribution in [0.5, 0.6) is 0 Å². The average Bonchev–Trinajstić information content (AvgIpc) is 2.88. The molecule has 0 aliphatic carbocycles. The minimum Gasteiger partial charge on any atom is -0.307 e. The lowest BCUT2D eigenvalue weighted by molar-refractivity contribution is -0.119. The van der Waals surface area contributed by atoms with E-state index in [2.05, 4.69) is 0 Å². The van der Waals surface area contributed by atoms with Crippen molar-refractivity contribution in [2.45, 2.75) is 6.42 Å². The number of amides is 3. The maximum Gasteiger partial charge on any atom is 0.262 e. The number of fused-ring (bicyclic) bond motifs is 1. The fraction of sp³-hybridized carbons (Fsp3) is 0.158. The van der Waals surface area contributed by atoms with Crippen LogP contribution in [0.3, 0.4) is 0 Å². The summed E-state index contributed by atoms with van der Waals surface area (Å²) >= 11 is 11.8. The van der Waals surface area contributed by atoms with Crippen LogP contribution >= 0.6 is 23.2 Å². The number of benzene rings is 2. The van der Waals surface area contributed by atoms with Gasteiger partial charge in [-0.25, -0.2) is 4.39 Å². The molecule has 0 unspecified atom stereocenters. The summed E-state index contributed by atoms with van der Waals surface area (Å²) in [6.07, 6.45) is -0.0482. The highest BCUT2D eigenvalue weighted by atomic mass is 35.5. The molecule has 0 bridgehead atoms. The first-order valence-corrected chi connectivity index (χ1v) is 8.87. The molecule has 1 aliphatic rings. The number of carbonyl (C=O) groups is 3. The highest BCUT2D eigenvalue weighted by Gasteiger charge is 2.38. The molecule has 9 heteroatoms. The van der Waals surface area contributed by atoms with Gasteiger partial charge >= 0.3 is 0 Å². The van der Waals surface area contributed by atoms with E-state index in [1.54, 1.807) is 0 Å². The predicted molar refractivity (Wildman–Crippen MR) is 101 cm³/mol. The van der Waals surface area contributed by atoms with Gasteiger partial charge in [0.25, 0.3) is 11.8 Å². The smallest absolute Gasteiger partial charge is 0.262 e. The van der Waals surface area contributed by atoms with Gasteiger partial charge in [0, 0.05) is 6.54 Å². The van der Waals surface area contributed by atoms with Crippen LogP contribution in [0, 0.1) is 17.1 Å². The second-order valence-electron chi connectivity index (χ2n) is 5.91. The van der Waals surface area contributed by atoms with Crippen LogP contribution in [0.4, 0.5) is 10.1 Å². The summed E-state index contributed by atoms with van der Waals surface area (Å²) in [5.41, 5.74) is 0.0498. The fourth-order valence-electron chi connectivity index (χ4n) is 2.86. The van der Waals surface area contributed by atoms with Gasteiger partial charge in [-0.2, -0.15) is 5.26 Å². The number of hydrogen-bond donors (Lipinski definition) is 0. The van der Waals surface area contributed by atoms with Crippen LogP contribution < -0.4 is 4.90 Å². The molecule has 3 amide bonds. The van der Waals surface area contributed by atoms with Gasteiger partial charge in [-0.05, 0) is 24.3 Å². The van der Waals surface area contributed by atoms with Crippen LogP contribution in [0.25, 0.3) is 0 Å². The first-order valence-electron chi connectivity index (χ1n) is 8.12. The van der Waals surface area contributed by atoms with E-state index in [9.17, 15) is 18.8 Å². The van der Waals surface area contributed by atoms with Crippen molar-refractivity contribution < 1.29 is 18.8 Å². The normalized spacial score (nSPS) is 12.7. The molecule has 0 saturated heterocycles. The Morgan fingerprint density at radius 1 is 1.11 bits per heavy atom. The third-order valence-electron chi connectivity index (χ3n) is 4.20. The standard InChI is InChI=1S/C19H12Cl2FN3O3/c20-13-8-11-12(9-14(13)21)19(28)25(18(11)27)10-17(26)24(7-3-6-23)16-5-2-1-4-15(16)22/h1-2,4-5,8-9H,3,7,10H2. The van der Waals surface area contributed by atoms with Crippen LogP contribution in [0.15, 0.2) is 36.4 Å². The lowest BCUT2D eigenvalue weighted by atomic mass is 10.1. The van der Waals surface area contributed by atoms with Crippen molar-refractivity contribution in [3.05, 3.63) is 63.4 Å². The molecule has 0 saturated carbocycles. The Morgan fingerprint density at radius 2 is 1.68 bits per heavy atom. The molecule has 0 radical (unpaired) electrons. The summed E-state index contributed by atoms with van der Waals surface area (Å²) in [6, 6.07) is 9.99. The minimum atomic E-state index is -0.702. The molecule has 2 aromatic carbocycles. The van der Waals surface area contributed by atoms with Crippen LogP contribution in [0.2, 0.25) is 10.0 Å². The molecule has 0 spiro atoms. The Labute approximate surface area is 169 Å². The van der Waals surface area contributed by atoms with E-state index >= 15 is 0 Å². The molecule has 142 valence electrons. The number of halogens is 3. The number of para-hydroxylation sites is 1. The monoisotopic (exact) mass is 419 g/mol. The van der Waals surface area contributed by atoms with E-state index in [0.29, 0.717) is 0 Å². The van der Waals surface area contributed by atoms with Gasteiger partial charge in [0.1, 0.15) is 12.4 Å². The van der Waals surface area contributed by atoms with Gasteiger partial charge in [0.2, 0.25) is 5.91 Å². The Bertz CT molecular complexity index is 995. The molecule has 1 heterocycles. The molecule has 0 N–H and O–H groups in total. The van der Waals surface area contributed by atoms with Crippen molar-refractivity contribution in [1.29, 1.82) is 5.26 Å². The Hall–Kier alpha value is -2.95. The fourth-order valence-corrected chi connectivity index (χ4v) is 3.19. The van der Waals surface area contributed by atoms with E-state index in [4.69, 9.17) is 28.5 Å². The van der Waals surface area contributed by atoms with Crippen molar-refractivity contribution in [3.63, 3.8) is 0 Å². The third-order valence-corrected chi connectivity index (χ3v) is 4.92. The zero-order chi connectivity index (χ0) is 20.4. The summed E-state index contributed by atoms with van der Waals surface area (Å²) in [4.78, 5) is 39.7. The molecule has 0 atom stereocenters. The molecule has 0 aromatic heterocycles. The number of hydrogen-bond acceptors (Lipinski definition) is 4. The van der Waals surface area contributed by atoms with Crippen molar-refractivity contribution in [1.82, 2.24) is 4.90 Å². The van der Waals surface area contributed by atoms with Gasteiger partial charge in [-0.3, -0.25) is 19.3 Å². The molecular weight excluding hydrogens is 408 g/mol. The van der Waals surface area contributed by atoms with Crippen LogP contribution in [-0.2, 0) is 4.79 Å². The molecule has 28 heavy (non-hydrogen) atoms. The van der Waals surface area contributed by atoms with Gasteiger partial charge in [0.05, 0.1) is 39.3 Å². The van der Waals surface area contributed by atoms with Crippen molar-refractivity contribution in [2.24, 2.45) is 0 Å². The lowest BCUT2D eigenvalue weighted by Gasteiger charge is -2.24. The molecule has 1 aliphatic heterocycles. The zero-order valence-electron chi connectivity index (χ0n) is 14.3. The minimum absolute atomic E-state index is 0.0366. The lowest BCUT2D eigenvalue weighted by Crippen LogP contribution is -2.43. The number of nitriles is 1. The van der Waals surface area contributed by atoms with Gasteiger partial charge in [0.15, 0.2) is 0 Å². The van der Waals surface area contributed by atoms with Gasteiger partial charge < -0.3 is 4.90 Å². The van der Waals surface area contributed by atoms with Crippen molar-refractivity contribution in [3.8, 4) is 6.07 Å². The van der Waals surface area contributed by atoms with E-state index in [-0.39, 0.29) is 39.8 Å². The quantitative estimate of drug-likeness (QED) is 0.692. The molecule has 3 rings (SSSR count). The average molecular weight is 420 g/mol. The number of nitrogens with zero attached hydrogens (tertiary/aromatic N) is 3. The Morgan fingerprint density at radius 3 is 2.21 bits per heavy atom. The topological polar surface area (TPSA) is 81.5 Å². The Balaban J connectivity index is 1.88. The number of carbonyl (C=O) groups excluding carboxylic acids is 3. The molecule has 0 fully saturated rings.